The molecule has 1 amide bonds. The minimum atomic E-state index is -5.24. The molecule has 3 aromatic rings. The molecule has 0 fully saturated rings. The molecular weight excluding hydrogens is 508 g/mol. The van der Waals surface area contributed by atoms with Crippen LogP contribution in [0.25, 0.3) is 0 Å². The van der Waals surface area contributed by atoms with Gasteiger partial charge in [-0.2, -0.15) is 0 Å². The number of carbonyl (C=O) groups is 1. The van der Waals surface area contributed by atoms with Crippen LogP contribution in [0.5, 0.6) is 34.5 Å². The molecule has 1 aliphatic heterocycles. The third-order valence-electron chi connectivity index (χ3n) is 5.11. The van der Waals surface area contributed by atoms with Gasteiger partial charge in [0.1, 0.15) is 0 Å². The van der Waals surface area contributed by atoms with Crippen LogP contribution in [0.2, 0.25) is 0 Å². The number of phenolic OH excluding ortho intramolecular Hbond substituents is 6. The first-order valence-corrected chi connectivity index (χ1v) is 12.3. The highest BCUT2D eigenvalue weighted by molar-refractivity contribution is 8.04. The second-order valence-electron chi connectivity index (χ2n) is 7.32. The van der Waals surface area contributed by atoms with E-state index < -0.39 is 82.4 Å². The Morgan fingerprint density at radius 2 is 1.11 bits per heavy atom. The number of fused-ring (bicyclic) bond motifs is 1. The van der Waals surface area contributed by atoms with Crippen molar-refractivity contribution in [1.29, 1.82) is 0 Å². The Balaban J connectivity index is 1.96. The topological polar surface area (TPSA) is 213 Å². The molecule has 0 aromatic heterocycles. The smallest absolute Gasteiger partial charge is 0.274 e. The highest BCUT2D eigenvalue weighted by atomic mass is 32.3. The van der Waals surface area contributed by atoms with Gasteiger partial charge in [0.05, 0.1) is 21.9 Å². The van der Waals surface area contributed by atoms with Crippen LogP contribution in [0.3, 0.4) is 0 Å². The van der Waals surface area contributed by atoms with Crippen molar-refractivity contribution in [2.75, 3.05) is 0 Å². The van der Waals surface area contributed by atoms with Gasteiger partial charge < -0.3 is 30.6 Å². The summed E-state index contributed by atoms with van der Waals surface area (Å²) in [7, 11) is -10.5. The molecule has 0 radical (unpaired) electrons. The zero-order chi connectivity index (χ0) is 25.9. The van der Waals surface area contributed by atoms with Crippen molar-refractivity contribution < 1.29 is 52.3 Å². The van der Waals surface area contributed by atoms with Crippen LogP contribution in [0.1, 0.15) is 15.9 Å². The Hall–Kier alpha value is -4.21. The van der Waals surface area contributed by atoms with Crippen LogP contribution in [-0.4, -0.2) is 62.2 Å². The lowest BCUT2D eigenvalue weighted by Gasteiger charge is -2.29. The number of aromatic hydroxyl groups is 6. The van der Waals surface area contributed by atoms with Gasteiger partial charge in [-0.25, -0.2) is 21.8 Å². The standard InChI is InChI=1S/C20H16N2O11S2/c23-13-5-2-11(7-16(13)26)34(30,31)22(35(32,33)12-3-6-14(24)17(27)8-12)21-9-10-1-4-15(25)19(28)18(10)20(21)29/h1-8,23-28H,9H2. The Kier molecular flexibility index (Phi) is 5.42. The molecule has 184 valence electrons. The minimum absolute atomic E-state index is 0.0113. The third kappa shape index (κ3) is 3.71. The van der Waals surface area contributed by atoms with Gasteiger partial charge in [-0.1, -0.05) is 6.07 Å². The zero-order valence-corrected chi connectivity index (χ0v) is 18.9. The van der Waals surface area contributed by atoms with E-state index in [-0.39, 0.29) is 14.4 Å². The highest BCUT2D eigenvalue weighted by Crippen LogP contribution is 2.41. The number of rotatable bonds is 5. The molecule has 1 aliphatic rings. The fourth-order valence-electron chi connectivity index (χ4n) is 3.38. The monoisotopic (exact) mass is 524 g/mol. The van der Waals surface area contributed by atoms with E-state index in [1.807, 2.05) is 0 Å². The van der Waals surface area contributed by atoms with Crippen molar-refractivity contribution in [3.8, 4) is 34.5 Å². The van der Waals surface area contributed by atoms with Gasteiger partial charge in [-0.15, -0.1) is 0 Å². The quantitative estimate of drug-likeness (QED) is 0.258. The van der Waals surface area contributed by atoms with Crippen molar-refractivity contribution >= 4 is 26.0 Å². The number of amides is 1. The molecule has 0 saturated carbocycles. The van der Waals surface area contributed by atoms with E-state index in [0.29, 0.717) is 12.1 Å². The average Bonchev–Trinajstić information content (AvgIpc) is 3.10. The van der Waals surface area contributed by atoms with Crippen molar-refractivity contribution in [2.45, 2.75) is 16.3 Å². The zero-order valence-electron chi connectivity index (χ0n) is 17.3. The van der Waals surface area contributed by atoms with E-state index in [2.05, 4.69) is 0 Å². The fourth-order valence-corrected chi connectivity index (χ4v) is 7.08. The normalized spacial score (nSPS) is 13.9. The minimum Gasteiger partial charge on any atom is -0.504 e. The van der Waals surface area contributed by atoms with Gasteiger partial charge >= 0.3 is 0 Å². The number of hydrogen-bond donors (Lipinski definition) is 6. The molecule has 4 rings (SSSR count). The lowest BCUT2D eigenvalue weighted by atomic mass is 10.1. The predicted molar refractivity (Wildman–Crippen MR) is 115 cm³/mol. The van der Waals surface area contributed by atoms with E-state index in [9.17, 15) is 52.3 Å². The number of hydrogen-bond acceptors (Lipinski definition) is 11. The molecule has 13 nitrogen and oxygen atoms in total. The Morgan fingerprint density at radius 1 is 0.657 bits per heavy atom. The molecule has 0 saturated heterocycles. The van der Waals surface area contributed by atoms with E-state index in [0.717, 1.165) is 30.3 Å². The molecule has 35 heavy (non-hydrogen) atoms. The molecule has 0 spiro atoms. The Bertz CT molecular complexity index is 1520. The first kappa shape index (κ1) is 23.9. The third-order valence-corrected chi connectivity index (χ3v) is 9.20. The first-order chi connectivity index (χ1) is 16.3. The molecule has 0 unspecified atom stereocenters. The lowest BCUT2D eigenvalue weighted by molar-refractivity contribution is 0.0585. The van der Waals surface area contributed by atoms with Crippen LogP contribution < -0.4 is 0 Å². The summed E-state index contributed by atoms with van der Waals surface area (Å²) in [6, 6.07) is 6.42. The number of phenols is 6. The van der Waals surface area contributed by atoms with Crippen LogP contribution in [-0.2, 0) is 26.6 Å². The maximum Gasteiger partial charge on any atom is 0.274 e. The van der Waals surface area contributed by atoms with Gasteiger partial charge in [-0.05, 0) is 35.9 Å². The van der Waals surface area contributed by atoms with Crippen molar-refractivity contribution in [3.63, 3.8) is 0 Å². The van der Waals surface area contributed by atoms with Crippen molar-refractivity contribution in [1.82, 2.24) is 8.83 Å². The van der Waals surface area contributed by atoms with Crippen molar-refractivity contribution in [2.24, 2.45) is 0 Å². The van der Waals surface area contributed by atoms with Gasteiger partial charge in [0.25, 0.3) is 26.0 Å². The van der Waals surface area contributed by atoms with Gasteiger partial charge in [0.15, 0.2) is 34.5 Å². The second kappa shape index (κ2) is 7.93. The van der Waals surface area contributed by atoms with Crippen LogP contribution in [0, 0.1) is 0 Å². The van der Waals surface area contributed by atoms with Gasteiger partial charge in [-0.3, -0.25) is 4.79 Å². The molecule has 0 atom stereocenters. The summed E-state index contributed by atoms with van der Waals surface area (Å²) in [5, 5.41) is 58.7. The summed E-state index contributed by atoms with van der Waals surface area (Å²) < 4.78 is 53.9. The lowest BCUT2D eigenvalue weighted by Crippen LogP contribution is -2.49. The average molecular weight is 524 g/mol. The number of hydrazine groups is 1. The summed E-state index contributed by atoms with van der Waals surface area (Å²) in [5.41, 5.74) is -0.551. The second-order valence-corrected chi connectivity index (χ2v) is 11.1. The fraction of sp³-hybridized carbons (Fsp3) is 0.0500. The van der Waals surface area contributed by atoms with E-state index in [1.54, 1.807) is 0 Å². The number of nitrogens with zero attached hydrogens (tertiary/aromatic N) is 2. The summed E-state index contributed by atoms with van der Waals surface area (Å²) in [4.78, 5) is 11.4. The molecule has 3 aromatic carbocycles. The molecule has 0 bridgehead atoms. The molecular formula is C20H16N2O11S2. The summed E-state index contributed by atoms with van der Waals surface area (Å²) in [6.07, 6.45) is 0. The maximum absolute atomic E-state index is 13.5. The summed E-state index contributed by atoms with van der Waals surface area (Å²) in [5.74, 6) is -6.10. The molecule has 6 N–H and O–H groups in total. The molecule has 15 heteroatoms. The van der Waals surface area contributed by atoms with Gasteiger partial charge in [0.2, 0.25) is 0 Å². The van der Waals surface area contributed by atoms with Crippen LogP contribution >= 0.6 is 0 Å². The van der Waals surface area contributed by atoms with Crippen LogP contribution in [0.15, 0.2) is 58.3 Å². The van der Waals surface area contributed by atoms with Gasteiger partial charge in [0, 0.05) is 16.0 Å². The molecule has 0 aliphatic carbocycles. The van der Waals surface area contributed by atoms with E-state index >= 15 is 0 Å². The SMILES string of the molecule is O=C1c2c(ccc(O)c2O)CN1N(S(=O)(=O)c1ccc(O)c(O)c1)S(=O)(=O)c1ccc(O)c(O)c1. The summed E-state index contributed by atoms with van der Waals surface area (Å²) in [6.45, 7) is -0.672. The van der Waals surface area contributed by atoms with E-state index in [1.165, 1.54) is 6.07 Å². The highest BCUT2D eigenvalue weighted by Gasteiger charge is 2.48. The van der Waals surface area contributed by atoms with E-state index in [4.69, 9.17) is 0 Å². The maximum atomic E-state index is 13.5. The van der Waals surface area contributed by atoms with Crippen LogP contribution in [0.4, 0.5) is 0 Å². The number of sulfonamides is 2. The largest absolute Gasteiger partial charge is 0.504 e. The first-order valence-electron chi connectivity index (χ1n) is 9.47. The Labute approximate surface area is 197 Å². The number of benzene rings is 3. The predicted octanol–water partition coefficient (Wildman–Crippen LogP) is 0.871. The summed E-state index contributed by atoms with van der Waals surface area (Å²) >= 11 is 0. The molecule has 1 heterocycles. The van der Waals surface area contributed by atoms with Crippen molar-refractivity contribution in [3.05, 3.63) is 59.7 Å². The number of carbonyl (C=O) groups excluding carboxylic acids is 1. The Morgan fingerprint density at radius 3 is 1.57 bits per heavy atom.